The van der Waals surface area contributed by atoms with Crippen molar-refractivity contribution in [2.45, 2.75) is 51.6 Å². The van der Waals surface area contributed by atoms with Gasteiger partial charge in [0.2, 0.25) is 0 Å². The average Bonchev–Trinajstić information content (AvgIpc) is 2.52. The Morgan fingerprint density at radius 2 is 2.11 bits per heavy atom. The minimum atomic E-state index is 0.710. The fourth-order valence-corrected chi connectivity index (χ4v) is 3.58. The van der Waals surface area contributed by atoms with Crippen LogP contribution < -0.4 is 5.32 Å². The molecule has 2 fully saturated rings. The van der Waals surface area contributed by atoms with Crippen molar-refractivity contribution in [3.63, 3.8) is 0 Å². The Hall–Kier alpha value is -0.120. The van der Waals surface area contributed by atoms with E-state index >= 15 is 0 Å². The average molecular weight is 253 g/mol. The van der Waals surface area contributed by atoms with Crippen molar-refractivity contribution in [2.24, 2.45) is 5.92 Å². The highest BCUT2D eigenvalue weighted by Gasteiger charge is 2.25. The molecule has 0 aromatic heterocycles. The predicted molar refractivity (Wildman–Crippen MR) is 78.0 cm³/mol. The summed E-state index contributed by atoms with van der Waals surface area (Å²) in [5, 5.41) is 3.73. The first-order valence-corrected chi connectivity index (χ1v) is 7.85. The molecule has 106 valence electrons. The summed E-state index contributed by atoms with van der Waals surface area (Å²) in [5.74, 6) is 0.959. The van der Waals surface area contributed by atoms with Gasteiger partial charge < -0.3 is 10.2 Å². The van der Waals surface area contributed by atoms with E-state index < -0.39 is 0 Å². The van der Waals surface area contributed by atoms with Crippen molar-refractivity contribution < 1.29 is 0 Å². The van der Waals surface area contributed by atoms with Gasteiger partial charge in [-0.05, 0) is 58.8 Å². The number of likely N-dealkylation sites (N-methyl/N-ethyl adjacent to an activating group) is 1. The maximum atomic E-state index is 3.73. The molecule has 0 spiro atoms. The van der Waals surface area contributed by atoms with E-state index in [1.807, 2.05) is 0 Å². The lowest BCUT2D eigenvalue weighted by molar-refractivity contribution is 0.159. The van der Waals surface area contributed by atoms with Gasteiger partial charge in [-0.15, -0.1) is 0 Å². The third-order valence-electron chi connectivity index (χ3n) is 4.82. The summed E-state index contributed by atoms with van der Waals surface area (Å²) in [6.07, 6.45) is 5.45. The van der Waals surface area contributed by atoms with Gasteiger partial charge in [-0.1, -0.05) is 13.3 Å². The Bertz CT molecular complexity index is 244. The number of piperidine rings is 1. The van der Waals surface area contributed by atoms with Crippen LogP contribution in [0, 0.1) is 5.92 Å². The molecule has 0 amide bonds. The Morgan fingerprint density at radius 3 is 2.89 bits per heavy atom. The first kappa shape index (κ1) is 14.3. The molecule has 3 unspecified atom stereocenters. The van der Waals surface area contributed by atoms with E-state index in [1.54, 1.807) is 0 Å². The molecule has 1 N–H and O–H groups in total. The van der Waals surface area contributed by atoms with E-state index in [2.05, 4.69) is 36.0 Å². The van der Waals surface area contributed by atoms with Crippen LogP contribution in [-0.2, 0) is 0 Å². The van der Waals surface area contributed by atoms with Crippen molar-refractivity contribution in [1.29, 1.82) is 0 Å². The van der Waals surface area contributed by atoms with Crippen LogP contribution in [0.4, 0.5) is 0 Å². The summed E-state index contributed by atoms with van der Waals surface area (Å²) >= 11 is 0. The van der Waals surface area contributed by atoms with E-state index in [1.165, 1.54) is 58.4 Å². The van der Waals surface area contributed by atoms with Crippen LogP contribution in [0.3, 0.4) is 0 Å². The SMILES string of the molecule is CCC1CCNC(CN2CCCN(C)CC2C)C1. The third-order valence-corrected chi connectivity index (χ3v) is 4.82. The highest BCUT2D eigenvalue weighted by atomic mass is 15.2. The van der Waals surface area contributed by atoms with Gasteiger partial charge >= 0.3 is 0 Å². The first-order valence-electron chi connectivity index (χ1n) is 7.85. The van der Waals surface area contributed by atoms with Gasteiger partial charge in [0, 0.05) is 25.2 Å². The number of nitrogens with zero attached hydrogens (tertiary/aromatic N) is 2. The van der Waals surface area contributed by atoms with Crippen molar-refractivity contribution in [1.82, 2.24) is 15.1 Å². The van der Waals surface area contributed by atoms with E-state index in [0.29, 0.717) is 6.04 Å². The Balaban J connectivity index is 1.83. The summed E-state index contributed by atoms with van der Waals surface area (Å²) < 4.78 is 0. The minimum Gasteiger partial charge on any atom is -0.313 e. The lowest BCUT2D eigenvalue weighted by Crippen LogP contribution is -2.49. The van der Waals surface area contributed by atoms with Crippen molar-refractivity contribution >= 4 is 0 Å². The van der Waals surface area contributed by atoms with Crippen LogP contribution >= 0.6 is 0 Å². The van der Waals surface area contributed by atoms with Gasteiger partial charge in [-0.3, -0.25) is 4.90 Å². The Labute approximate surface area is 113 Å². The molecule has 2 rings (SSSR count). The lowest BCUT2D eigenvalue weighted by Gasteiger charge is -2.36. The van der Waals surface area contributed by atoms with Crippen LogP contribution in [0.1, 0.15) is 39.5 Å². The fourth-order valence-electron chi connectivity index (χ4n) is 3.58. The number of hydrogen-bond donors (Lipinski definition) is 1. The monoisotopic (exact) mass is 253 g/mol. The highest BCUT2D eigenvalue weighted by Crippen LogP contribution is 2.21. The molecule has 3 nitrogen and oxygen atoms in total. The summed E-state index contributed by atoms with van der Waals surface area (Å²) in [7, 11) is 2.26. The maximum Gasteiger partial charge on any atom is 0.0197 e. The maximum absolute atomic E-state index is 3.73. The molecule has 2 aliphatic heterocycles. The van der Waals surface area contributed by atoms with E-state index in [-0.39, 0.29) is 0 Å². The summed E-state index contributed by atoms with van der Waals surface area (Å²) in [6, 6.07) is 1.44. The molecule has 2 saturated heterocycles. The zero-order chi connectivity index (χ0) is 13.0. The zero-order valence-corrected chi connectivity index (χ0v) is 12.5. The normalized spacial score (nSPS) is 36.5. The minimum absolute atomic E-state index is 0.710. The van der Waals surface area contributed by atoms with Crippen molar-refractivity contribution in [2.75, 3.05) is 39.8 Å². The molecule has 0 aromatic carbocycles. The fraction of sp³-hybridized carbons (Fsp3) is 1.00. The van der Waals surface area contributed by atoms with Gasteiger partial charge in [-0.25, -0.2) is 0 Å². The van der Waals surface area contributed by atoms with E-state index in [4.69, 9.17) is 0 Å². The van der Waals surface area contributed by atoms with Crippen LogP contribution in [0.2, 0.25) is 0 Å². The second kappa shape index (κ2) is 6.88. The van der Waals surface area contributed by atoms with Gasteiger partial charge in [0.25, 0.3) is 0 Å². The van der Waals surface area contributed by atoms with E-state index in [0.717, 1.165) is 12.0 Å². The predicted octanol–water partition coefficient (Wildman–Crippen LogP) is 1.79. The summed E-state index contributed by atoms with van der Waals surface area (Å²) in [6.45, 7) is 11.0. The molecule has 0 saturated carbocycles. The van der Waals surface area contributed by atoms with E-state index in [9.17, 15) is 0 Å². The van der Waals surface area contributed by atoms with Gasteiger partial charge in [0.15, 0.2) is 0 Å². The third kappa shape index (κ3) is 3.94. The smallest absolute Gasteiger partial charge is 0.0197 e. The van der Waals surface area contributed by atoms with Crippen LogP contribution in [-0.4, -0.2) is 61.7 Å². The zero-order valence-electron chi connectivity index (χ0n) is 12.5. The molecule has 0 aromatic rings. The number of hydrogen-bond acceptors (Lipinski definition) is 3. The van der Waals surface area contributed by atoms with Crippen LogP contribution in [0.25, 0.3) is 0 Å². The quantitative estimate of drug-likeness (QED) is 0.827. The van der Waals surface area contributed by atoms with Crippen LogP contribution in [0.5, 0.6) is 0 Å². The molecule has 3 atom stereocenters. The molecule has 2 aliphatic rings. The van der Waals surface area contributed by atoms with Gasteiger partial charge in [0.05, 0.1) is 0 Å². The first-order chi connectivity index (χ1) is 8.69. The summed E-state index contributed by atoms with van der Waals surface area (Å²) in [4.78, 5) is 5.19. The molecule has 0 radical (unpaired) electrons. The molecular weight excluding hydrogens is 222 g/mol. The molecule has 2 heterocycles. The highest BCUT2D eigenvalue weighted by molar-refractivity contribution is 4.84. The Morgan fingerprint density at radius 1 is 1.28 bits per heavy atom. The lowest BCUT2D eigenvalue weighted by atomic mass is 9.90. The number of nitrogens with one attached hydrogen (secondary N) is 1. The largest absolute Gasteiger partial charge is 0.313 e. The molecule has 3 heteroatoms. The standard InChI is InChI=1S/C15H31N3/c1-4-14-6-7-16-15(10-14)12-18-9-5-8-17(3)11-13(18)2/h13-16H,4-12H2,1-3H3. The molecule has 0 aliphatic carbocycles. The topological polar surface area (TPSA) is 18.5 Å². The molecular formula is C15H31N3. The number of rotatable bonds is 3. The van der Waals surface area contributed by atoms with Crippen LogP contribution in [0.15, 0.2) is 0 Å². The van der Waals surface area contributed by atoms with Gasteiger partial charge in [-0.2, -0.15) is 0 Å². The molecule has 18 heavy (non-hydrogen) atoms. The Kier molecular flexibility index (Phi) is 5.46. The van der Waals surface area contributed by atoms with Gasteiger partial charge in [0.1, 0.15) is 0 Å². The summed E-state index contributed by atoms with van der Waals surface area (Å²) in [5.41, 5.74) is 0. The second-order valence-corrected chi connectivity index (χ2v) is 6.41. The second-order valence-electron chi connectivity index (χ2n) is 6.41. The molecule has 0 bridgehead atoms. The van der Waals surface area contributed by atoms with Crippen molar-refractivity contribution in [3.8, 4) is 0 Å². The van der Waals surface area contributed by atoms with Crippen molar-refractivity contribution in [3.05, 3.63) is 0 Å².